The number of carboxylic acids is 1. The van der Waals surface area contributed by atoms with E-state index in [1.165, 1.54) is 20.4 Å². The number of anilines is 1. The Morgan fingerprint density at radius 1 is 1.21 bits per heavy atom. The fraction of sp³-hybridized carbons (Fsp3) is 0.444. The first-order valence-electron chi connectivity index (χ1n) is 9.07. The molecule has 2 heterocycles. The van der Waals surface area contributed by atoms with Crippen LogP contribution in [0.4, 0.5) is 10.1 Å². The van der Waals surface area contributed by atoms with E-state index >= 15 is 0 Å². The van der Waals surface area contributed by atoms with Crippen molar-refractivity contribution in [3.63, 3.8) is 0 Å². The lowest BCUT2D eigenvalue weighted by Crippen LogP contribution is -2.45. The second kappa shape index (κ2) is 8.23. The van der Waals surface area contributed by atoms with Gasteiger partial charge in [-0.25, -0.2) is 18.4 Å². The Morgan fingerprint density at radius 2 is 1.83 bits per heavy atom. The largest absolute Gasteiger partial charge is 0.477 e. The second-order valence-corrected chi connectivity index (χ2v) is 8.79. The molecule has 1 aromatic carbocycles. The van der Waals surface area contributed by atoms with Crippen LogP contribution in [0.3, 0.4) is 0 Å². The number of pyridine rings is 1. The molecular formula is C18H23FN3O6P. The number of halogens is 1. The molecule has 0 atom stereocenters. The predicted octanol–water partition coefficient (Wildman–Crippen LogP) is 2.38. The summed E-state index contributed by atoms with van der Waals surface area (Å²) in [7, 11) is -0.719. The third-order valence-electron chi connectivity index (χ3n) is 5.12. The number of piperazine rings is 1. The summed E-state index contributed by atoms with van der Waals surface area (Å²) < 4.78 is 40.6. The Labute approximate surface area is 166 Å². The fourth-order valence-corrected chi connectivity index (χ4v) is 4.82. The van der Waals surface area contributed by atoms with Gasteiger partial charge in [-0.3, -0.25) is 13.8 Å². The number of nitrogens with zero attached hydrogens (tertiary/aromatic N) is 3. The number of carboxylic acid groups (broad SMARTS) is 1. The van der Waals surface area contributed by atoms with Crippen LogP contribution in [0.25, 0.3) is 10.9 Å². The zero-order valence-corrected chi connectivity index (χ0v) is 17.3. The molecule has 9 nitrogen and oxygen atoms in total. The van der Waals surface area contributed by atoms with Gasteiger partial charge in [-0.05, 0) is 19.1 Å². The summed E-state index contributed by atoms with van der Waals surface area (Å²) in [5.74, 6) is -1.96. The number of hydrogen-bond acceptors (Lipinski definition) is 6. The molecule has 1 fully saturated rings. The summed E-state index contributed by atoms with van der Waals surface area (Å²) in [5.41, 5.74) is -0.351. The van der Waals surface area contributed by atoms with E-state index < -0.39 is 30.5 Å². The zero-order valence-electron chi connectivity index (χ0n) is 16.4. The number of aromatic nitrogens is 1. The van der Waals surface area contributed by atoms with E-state index in [0.717, 1.165) is 6.07 Å². The summed E-state index contributed by atoms with van der Waals surface area (Å²) in [5, 5.41) is 9.26. The molecule has 11 heteroatoms. The Balaban J connectivity index is 1.99. The molecule has 0 unspecified atom stereocenters. The SMILES string of the molecule is CCn1cc(C(=O)O)c(=O)c2cc(F)c(N3CCN(P(=O)(OC)OC)CC3)cc21. The average Bonchev–Trinajstić information content (AvgIpc) is 2.73. The van der Waals surface area contributed by atoms with Crippen LogP contribution in [-0.2, 0) is 20.2 Å². The number of aryl methyl sites for hydroxylation is 1. The molecule has 0 spiro atoms. The van der Waals surface area contributed by atoms with Crippen molar-refractivity contribution in [2.24, 2.45) is 0 Å². The van der Waals surface area contributed by atoms with Gasteiger partial charge in [-0.1, -0.05) is 0 Å². The Bertz CT molecular complexity index is 1040. The highest BCUT2D eigenvalue weighted by molar-refractivity contribution is 7.51. The van der Waals surface area contributed by atoms with Crippen LogP contribution in [0.1, 0.15) is 17.3 Å². The molecule has 0 saturated carbocycles. The quantitative estimate of drug-likeness (QED) is 0.702. The van der Waals surface area contributed by atoms with E-state index in [2.05, 4.69) is 0 Å². The molecule has 0 amide bonds. The molecule has 1 aliphatic rings. The number of benzene rings is 1. The van der Waals surface area contributed by atoms with Gasteiger partial charge in [0.05, 0.1) is 11.2 Å². The third kappa shape index (κ3) is 3.81. The Morgan fingerprint density at radius 3 is 2.34 bits per heavy atom. The highest BCUT2D eigenvalue weighted by Crippen LogP contribution is 2.50. The van der Waals surface area contributed by atoms with E-state index in [-0.39, 0.29) is 5.39 Å². The maximum absolute atomic E-state index is 14.9. The molecule has 1 saturated heterocycles. The molecule has 1 aromatic heterocycles. The molecule has 0 aliphatic carbocycles. The lowest BCUT2D eigenvalue weighted by atomic mass is 10.1. The van der Waals surface area contributed by atoms with Gasteiger partial charge < -0.3 is 14.6 Å². The van der Waals surface area contributed by atoms with Crippen molar-refractivity contribution in [3.05, 3.63) is 39.9 Å². The normalized spacial score (nSPS) is 15.8. The molecule has 158 valence electrons. The highest BCUT2D eigenvalue weighted by Gasteiger charge is 2.34. The standard InChI is InChI=1S/C18H23FN3O6P/c1-4-20-11-13(18(24)25)17(23)12-9-14(19)16(10-15(12)20)21-5-7-22(8-6-21)29(26,27-2)28-3/h9-11H,4-8H2,1-3H3,(H,24,25). The van der Waals surface area contributed by atoms with Crippen LogP contribution in [0.5, 0.6) is 0 Å². The zero-order chi connectivity index (χ0) is 21.3. The van der Waals surface area contributed by atoms with Crippen LogP contribution in [-0.4, -0.2) is 60.7 Å². The van der Waals surface area contributed by atoms with Crippen molar-refractivity contribution in [2.45, 2.75) is 13.5 Å². The monoisotopic (exact) mass is 427 g/mol. The van der Waals surface area contributed by atoms with Gasteiger partial charge in [0.25, 0.3) is 0 Å². The van der Waals surface area contributed by atoms with Crippen molar-refractivity contribution >= 4 is 30.3 Å². The topological polar surface area (TPSA) is 101 Å². The van der Waals surface area contributed by atoms with E-state index in [1.807, 2.05) is 6.92 Å². The van der Waals surface area contributed by atoms with Crippen molar-refractivity contribution < 1.29 is 27.9 Å². The van der Waals surface area contributed by atoms with Crippen molar-refractivity contribution in [3.8, 4) is 0 Å². The minimum atomic E-state index is -3.35. The summed E-state index contributed by atoms with van der Waals surface area (Å²) in [6, 6.07) is 2.65. The molecule has 2 aromatic rings. The van der Waals surface area contributed by atoms with Crippen molar-refractivity contribution in [1.29, 1.82) is 0 Å². The number of hydrogen-bond donors (Lipinski definition) is 1. The van der Waals surface area contributed by atoms with Crippen molar-refractivity contribution in [2.75, 3.05) is 45.3 Å². The maximum Gasteiger partial charge on any atom is 0.407 e. The van der Waals surface area contributed by atoms with Gasteiger partial charge in [0, 0.05) is 58.5 Å². The van der Waals surface area contributed by atoms with Crippen LogP contribution in [0.15, 0.2) is 23.1 Å². The van der Waals surface area contributed by atoms with Gasteiger partial charge in [-0.2, -0.15) is 0 Å². The molecule has 1 aliphatic heterocycles. The first-order valence-corrected chi connectivity index (χ1v) is 10.6. The summed E-state index contributed by atoms with van der Waals surface area (Å²) in [4.78, 5) is 25.6. The lowest BCUT2D eigenvalue weighted by molar-refractivity contribution is 0.0694. The molecule has 29 heavy (non-hydrogen) atoms. The first kappa shape index (κ1) is 21.4. The third-order valence-corrected chi connectivity index (χ3v) is 7.14. The van der Waals surface area contributed by atoms with Gasteiger partial charge in [-0.15, -0.1) is 0 Å². The predicted molar refractivity (Wildman–Crippen MR) is 106 cm³/mol. The van der Waals surface area contributed by atoms with Gasteiger partial charge >= 0.3 is 13.7 Å². The molecule has 3 rings (SSSR count). The molecule has 0 bridgehead atoms. The summed E-state index contributed by atoms with van der Waals surface area (Å²) >= 11 is 0. The van der Waals surface area contributed by atoms with Gasteiger partial charge in [0.1, 0.15) is 11.4 Å². The summed E-state index contributed by atoms with van der Waals surface area (Å²) in [6.07, 6.45) is 1.28. The second-order valence-electron chi connectivity index (χ2n) is 6.56. The minimum Gasteiger partial charge on any atom is -0.477 e. The number of rotatable bonds is 6. The molecule has 1 N–H and O–H groups in total. The van der Waals surface area contributed by atoms with Gasteiger partial charge in [0.15, 0.2) is 0 Å². The fourth-order valence-electron chi connectivity index (χ4n) is 3.54. The van der Waals surface area contributed by atoms with Crippen molar-refractivity contribution in [1.82, 2.24) is 9.24 Å². The lowest BCUT2D eigenvalue weighted by Gasteiger charge is -2.38. The smallest absolute Gasteiger partial charge is 0.407 e. The van der Waals surface area contributed by atoms with Crippen LogP contribution in [0, 0.1) is 5.82 Å². The van der Waals surface area contributed by atoms with Crippen LogP contribution < -0.4 is 10.3 Å². The molecular weight excluding hydrogens is 404 g/mol. The van der Waals surface area contributed by atoms with E-state index in [4.69, 9.17) is 9.05 Å². The minimum absolute atomic E-state index is 0.0231. The Kier molecular flexibility index (Phi) is 6.09. The Hall–Kier alpha value is -2.26. The van der Waals surface area contributed by atoms with Crippen LogP contribution >= 0.6 is 7.75 Å². The first-order chi connectivity index (χ1) is 13.8. The number of fused-ring (bicyclic) bond motifs is 1. The maximum atomic E-state index is 14.9. The number of aromatic carboxylic acids is 1. The van der Waals surface area contributed by atoms with E-state index in [1.54, 1.807) is 20.2 Å². The summed E-state index contributed by atoms with van der Waals surface area (Å²) in [6.45, 7) is 3.67. The van der Waals surface area contributed by atoms with Gasteiger partial charge in [0.2, 0.25) is 5.43 Å². The number of carbonyl (C=O) groups is 1. The highest BCUT2D eigenvalue weighted by atomic mass is 31.2. The van der Waals surface area contributed by atoms with Crippen LogP contribution in [0.2, 0.25) is 0 Å². The molecule has 0 radical (unpaired) electrons. The van der Waals surface area contributed by atoms with E-state index in [9.17, 15) is 23.7 Å². The van der Waals surface area contributed by atoms with E-state index in [0.29, 0.717) is 43.9 Å². The average molecular weight is 427 g/mol.